The molecule has 0 amide bonds. The van der Waals surface area contributed by atoms with Gasteiger partial charge in [0.2, 0.25) is 0 Å². The average Bonchev–Trinajstić information content (AvgIpc) is 2.79. The van der Waals surface area contributed by atoms with Crippen LogP contribution in [0, 0.1) is 0 Å². The lowest BCUT2D eigenvalue weighted by molar-refractivity contribution is 0.715. The van der Waals surface area contributed by atoms with Crippen molar-refractivity contribution in [1.29, 1.82) is 0 Å². The van der Waals surface area contributed by atoms with Crippen molar-refractivity contribution in [2.24, 2.45) is 0 Å². The summed E-state index contributed by atoms with van der Waals surface area (Å²) in [6, 6.07) is 8.17. The summed E-state index contributed by atoms with van der Waals surface area (Å²) in [5.74, 6) is 0. The predicted octanol–water partition coefficient (Wildman–Crippen LogP) is 3.31. The molecule has 4 heteroatoms. The molecule has 0 saturated heterocycles. The van der Waals surface area contributed by atoms with Gasteiger partial charge >= 0.3 is 0 Å². The number of nitrogens with one attached hydrogen (secondary N) is 1. The molecule has 0 aliphatic heterocycles. The van der Waals surface area contributed by atoms with Crippen molar-refractivity contribution in [3.8, 4) is 5.69 Å². The molecule has 1 N–H and O–H groups in total. The fraction of sp³-hybridized carbons (Fsp3) is 0.357. The zero-order valence-corrected chi connectivity index (χ0v) is 12.4. The van der Waals surface area contributed by atoms with Gasteiger partial charge in [0.05, 0.1) is 11.9 Å². The summed E-state index contributed by atoms with van der Waals surface area (Å²) in [6.07, 6.45) is 2.93. The van der Waals surface area contributed by atoms with Crippen LogP contribution in [0.2, 0.25) is 0 Å². The van der Waals surface area contributed by atoms with Gasteiger partial charge in [0, 0.05) is 22.3 Å². The maximum absolute atomic E-state index is 4.52. The van der Waals surface area contributed by atoms with E-state index in [0.29, 0.717) is 0 Å². The molecule has 0 spiro atoms. The predicted molar refractivity (Wildman–Crippen MR) is 78.0 cm³/mol. The van der Waals surface area contributed by atoms with E-state index in [1.807, 2.05) is 29.1 Å². The first-order valence-electron chi connectivity index (χ1n) is 6.29. The van der Waals surface area contributed by atoms with Crippen LogP contribution < -0.4 is 5.32 Å². The minimum atomic E-state index is 0.879. The SMILES string of the molecule is CCNCc1cnn(-c2ccccc2Br)c1CC. The van der Waals surface area contributed by atoms with Gasteiger partial charge in [-0.25, -0.2) is 4.68 Å². The first-order chi connectivity index (χ1) is 8.77. The second-order valence-corrected chi connectivity index (χ2v) is 4.97. The Balaban J connectivity index is 2.40. The number of benzene rings is 1. The summed E-state index contributed by atoms with van der Waals surface area (Å²) in [4.78, 5) is 0. The summed E-state index contributed by atoms with van der Waals surface area (Å²) in [5, 5.41) is 7.87. The standard InChI is InChI=1S/C14H18BrN3/c1-3-13-11(9-16-4-2)10-17-18(13)14-8-6-5-7-12(14)15/h5-8,10,16H,3-4,9H2,1-2H3. The highest BCUT2D eigenvalue weighted by Crippen LogP contribution is 2.23. The molecular weight excluding hydrogens is 290 g/mol. The monoisotopic (exact) mass is 307 g/mol. The number of halogens is 1. The van der Waals surface area contributed by atoms with Gasteiger partial charge in [-0.2, -0.15) is 5.10 Å². The molecule has 0 fully saturated rings. The van der Waals surface area contributed by atoms with Gasteiger partial charge in [-0.05, 0) is 41.0 Å². The van der Waals surface area contributed by atoms with E-state index in [1.165, 1.54) is 11.3 Å². The maximum atomic E-state index is 4.52. The molecule has 2 aromatic rings. The number of nitrogens with zero attached hydrogens (tertiary/aromatic N) is 2. The molecule has 1 aromatic carbocycles. The molecule has 2 rings (SSSR count). The fourth-order valence-corrected chi connectivity index (χ4v) is 2.48. The van der Waals surface area contributed by atoms with Crippen LogP contribution in [-0.4, -0.2) is 16.3 Å². The minimum Gasteiger partial charge on any atom is -0.313 e. The number of hydrogen-bond acceptors (Lipinski definition) is 2. The largest absolute Gasteiger partial charge is 0.313 e. The molecule has 18 heavy (non-hydrogen) atoms. The average molecular weight is 308 g/mol. The summed E-state index contributed by atoms with van der Waals surface area (Å²) in [5.41, 5.74) is 3.63. The topological polar surface area (TPSA) is 29.9 Å². The van der Waals surface area contributed by atoms with Crippen molar-refractivity contribution >= 4 is 15.9 Å². The second-order valence-electron chi connectivity index (χ2n) is 4.11. The first kappa shape index (κ1) is 13.3. The molecule has 0 aliphatic rings. The summed E-state index contributed by atoms with van der Waals surface area (Å²) in [7, 11) is 0. The number of rotatable bonds is 5. The summed E-state index contributed by atoms with van der Waals surface area (Å²) in [6.45, 7) is 6.14. The van der Waals surface area contributed by atoms with Gasteiger partial charge in [-0.1, -0.05) is 26.0 Å². The molecule has 96 valence electrons. The molecule has 0 unspecified atom stereocenters. The van der Waals surface area contributed by atoms with Crippen LogP contribution in [0.1, 0.15) is 25.1 Å². The van der Waals surface area contributed by atoms with Crippen molar-refractivity contribution in [3.63, 3.8) is 0 Å². The Bertz CT molecular complexity index is 520. The highest BCUT2D eigenvalue weighted by atomic mass is 79.9. The number of aromatic nitrogens is 2. The molecule has 0 saturated carbocycles. The van der Waals surface area contributed by atoms with Gasteiger partial charge in [0.15, 0.2) is 0 Å². The zero-order chi connectivity index (χ0) is 13.0. The fourth-order valence-electron chi connectivity index (χ4n) is 2.02. The Hall–Kier alpha value is -1.13. The molecule has 0 atom stereocenters. The molecule has 0 radical (unpaired) electrons. The van der Waals surface area contributed by atoms with Crippen molar-refractivity contribution in [3.05, 3.63) is 46.2 Å². The lowest BCUT2D eigenvalue weighted by Gasteiger charge is -2.09. The molecule has 3 nitrogen and oxygen atoms in total. The summed E-state index contributed by atoms with van der Waals surface area (Å²) < 4.78 is 3.09. The van der Waals surface area contributed by atoms with E-state index in [1.54, 1.807) is 0 Å². The van der Waals surface area contributed by atoms with Gasteiger partial charge in [-0.15, -0.1) is 0 Å². The van der Waals surface area contributed by atoms with Crippen molar-refractivity contribution < 1.29 is 0 Å². The Morgan fingerprint density at radius 2 is 2.06 bits per heavy atom. The smallest absolute Gasteiger partial charge is 0.0790 e. The third-order valence-electron chi connectivity index (χ3n) is 2.94. The number of hydrogen-bond donors (Lipinski definition) is 1. The van der Waals surface area contributed by atoms with Crippen LogP contribution in [0.15, 0.2) is 34.9 Å². The van der Waals surface area contributed by atoms with Gasteiger partial charge < -0.3 is 5.32 Å². The van der Waals surface area contributed by atoms with E-state index >= 15 is 0 Å². The highest BCUT2D eigenvalue weighted by Gasteiger charge is 2.11. The van der Waals surface area contributed by atoms with E-state index in [4.69, 9.17) is 0 Å². The number of para-hydroxylation sites is 1. The Morgan fingerprint density at radius 3 is 2.72 bits per heavy atom. The van der Waals surface area contributed by atoms with Crippen molar-refractivity contribution in [2.45, 2.75) is 26.8 Å². The third-order valence-corrected chi connectivity index (χ3v) is 3.61. The first-order valence-corrected chi connectivity index (χ1v) is 7.08. The molecule has 1 heterocycles. The minimum absolute atomic E-state index is 0.879. The quantitative estimate of drug-likeness (QED) is 0.918. The molecule has 0 aliphatic carbocycles. The van der Waals surface area contributed by atoms with E-state index in [2.05, 4.69) is 46.3 Å². The van der Waals surface area contributed by atoms with Crippen LogP contribution in [0.3, 0.4) is 0 Å². The molecule has 1 aromatic heterocycles. The molecular formula is C14H18BrN3. The second kappa shape index (κ2) is 6.16. The lowest BCUT2D eigenvalue weighted by Crippen LogP contribution is -2.13. The van der Waals surface area contributed by atoms with Crippen LogP contribution in [-0.2, 0) is 13.0 Å². The Morgan fingerprint density at radius 1 is 1.28 bits per heavy atom. The van der Waals surface area contributed by atoms with Crippen LogP contribution in [0.5, 0.6) is 0 Å². The Kier molecular flexibility index (Phi) is 4.55. The van der Waals surface area contributed by atoms with Gasteiger partial charge in [0.25, 0.3) is 0 Å². The van der Waals surface area contributed by atoms with Crippen LogP contribution in [0.4, 0.5) is 0 Å². The van der Waals surface area contributed by atoms with Crippen LogP contribution >= 0.6 is 15.9 Å². The van der Waals surface area contributed by atoms with Gasteiger partial charge in [-0.3, -0.25) is 0 Å². The lowest BCUT2D eigenvalue weighted by atomic mass is 10.2. The van der Waals surface area contributed by atoms with Crippen LogP contribution in [0.25, 0.3) is 5.69 Å². The highest BCUT2D eigenvalue weighted by molar-refractivity contribution is 9.10. The Labute approximate surface area is 116 Å². The normalized spacial score (nSPS) is 10.8. The van der Waals surface area contributed by atoms with Crippen molar-refractivity contribution in [1.82, 2.24) is 15.1 Å². The van der Waals surface area contributed by atoms with E-state index < -0.39 is 0 Å². The maximum Gasteiger partial charge on any atom is 0.0790 e. The van der Waals surface area contributed by atoms with Gasteiger partial charge in [0.1, 0.15) is 0 Å². The van der Waals surface area contributed by atoms with E-state index in [-0.39, 0.29) is 0 Å². The summed E-state index contributed by atoms with van der Waals surface area (Å²) >= 11 is 3.58. The van der Waals surface area contributed by atoms with E-state index in [0.717, 1.165) is 29.7 Å². The van der Waals surface area contributed by atoms with E-state index in [9.17, 15) is 0 Å². The third kappa shape index (κ3) is 2.65. The zero-order valence-electron chi connectivity index (χ0n) is 10.8. The molecule has 0 bridgehead atoms. The van der Waals surface area contributed by atoms with Crippen molar-refractivity contribution in [2.75, 3.05) is 6.54 Å².